The SMILES string of the molecule is O=c1[nH]c2ccccc2c2nc(CBr)c(Br)n12. The van der Waals surface area contributed by atoms with Gasteiger partial charge in [-0.05, 0) is 28.1 Å². The van der Waals surface area contributed by atoms with E-state index < -0.39 is 0 Å². The van der Waals surface area contributed by atoms with Crippen molar-refractivity contribution < 1.29 is 0 Å². The number of nitrogens with one attached hydrogen (secondary N) is 1. The van der Waals surface area contributed by atoms with Crippen LogP contribution in [0.2, 0.25) is 0 Å². The lowest BCUT2D eigenvalue weighted by Crippen LogP contribution is -2.16. The predicted molar refractivity (Wildman–Crippen MR) is 73.6 cm³/mol. The predicted octanol–water partition coefficient (Wildman–Crippen LogP) is 2.83. The van der Waals surface area contributed by atoms with Gasteiger partial charge in [0.05, 0.1) is 11.2 Å². The van der Waals surface area contributed by atoms with Gasteiger partial charge in [0.15, 0.2) is 5.65 Å². The molecule has 0 atom stereocenters. The summed E-state index contributed by atoms with van der Waals surface area (Å²) in [5, 5.41) is 1.53. The van der Waals surface area contributed by atoms with Gasteiger partial charge in [0, 0.05) is 10.7 Å². The molecule has 6 heteroatoms. The van der Waals surface area contributed by atoms with Crippen molar-refractivity contribution >= 4 is 48.4 Å². The molecule has 0 bridgehead atoms. The van der Waals surface area contributed by atoms with E-state index in [2.05, 4.69) is 41.8 Å². The van der Waals surface area contributed by atoms with E-state index in [1.165, 1.54) is 0 Å². The summed E-state index contributed by atoms with van der Waals surface area (Å²) >= 11 is 6.76. The lowest BCUT2D eigenvalue weighted by molar-refractivity contribution is 1.01. The van der Waals surface area contributed by atoms with Crippen molar-refractivity contribution in [3.05, 3.63) is 45.0 Å². The first kappa shape index (κ1) is 11.0. The highest BCUT2D eigenvalue weighted by Gasteiger charge is 2.13. The summed E-state index contributed by atoms with van der Waals surface area (Å²) < 4.78 is 2.23. The zero-order valence-electron chi connectivity index (χ0n) is 8.58. The summed E-state index contributed by atoms with van der Waals surface area (Å²) in [7, 11) is 0. The Kier molecular flexibility index (Phi) is 2.56. The van der Waals surface area contributed by atoms with Crippen LogP contribution in [-0.4, -0.2) is 14.4 Å². The fourth-order valence-electron chi connectivity index (χ4n) is 1.86. The molecule has 2 aromatic heterocycles. The fraction of sp³-hybridized carbons (Fsp3) is 0.0909. The number of H-pyrrole nitrogens is 1. The maximum atomic E-state index is 12.0. The van der Waals surface area contributed by atoms with Gasteiger partial charge in [0.2, 0.25) is 0 Å². The first-order chi connectivity index (χ1) is 8.22. The number of nitrogens with zero attached hydrogens (tertiary/aromatic N) is 2. The van der Waals surface area contributed by atoms with E-state index in [9.17, 15) is 4.79 Å². The molecule has 0 radical (unpaired) electrons. The molecular weight excluding hydrogens is 350 g/mol. The number of para-hydroxylation sites is 1. The second-order valence-corrected chi connectivity index (χ2v) is 4.93. The second kappa shape index (κ2) is 3.96. The minimum absolute atomic E-state index is 0.190. The van der Waals surface area contributed by atoms with E-state index in [1.807, 2.05) is 24.3 Å². The van der Waals surface area contributed by atoms with Crippen molar-refractivity contribution in [2.45, 2.75) is 5.33 Å². The van der Waals surface area contributed by atoms with Crippen LogP contribution in [-0.2, 0) is 5.33 Å². The van der Waals surface area contributed by atoms with Crippen LogP contribution in [0.25, 0.3) is 16.6 Å². The number of benzene rings is 1. The molecule has 86 valence electrons. The van der Waals surface area contributed by atoms with Gasteiger partial charge in [-0.25, -0.2) is 14.2 Å². The first-order valence-electron chi connectivity index (χ1n) is 4.96. The lowest BCUT2D eigenvalue weighted by Gasteiger charge is -1.99. The summed E-state index contributed by atoms with van der Waals surface area (Å²) in [6, 6.07) is 7.63. The normalized spacial score (nSPS) is 11.4. The molecule has 3 rings (SSSR count). The third-order valence-corrected chi connectivity index (χ3v) is 3.97. The molecule has 0 aliphatic rings. The highest BCUT2D eigenvalue weighted by Crippen LogP contribution is 2.23. The van der Waals surface area contributed by atoms with Crippen molar-refractivity contribution in [2.24, 2.45) is 0 Å². The number of aromatic nitrogens is 3. The topological polar surface area (TPSA) is 50.2 Å². The van der Waals surface area contributed by atoms with Crippen molar-refractivity contribution in [2.75, 3.05) is 0 Å². The molecule has 0 unspecified atom stereocenters. The van der Waals surface area contributed by atoms with E-state index in [0.717, 1.165) is 16.6 Å². The Bertz CT molecular complexity index is 775. The summed E-state index contributed by atoms with van der Waals surface area (Å²) in [6.07, 6.45) is 0. The van der Waals surface area contributed by atoms with Crippen LogP contribution in [0.3, 0.4) is 0 Å². The monoisotopic (exact) mass is 355 g/mol. The molecule has 17 heavy (non-hydrogen) atoms. The minimum Gasteiger partial charge on any atom is -0.306 e. The summed E-state index contributed by atoms with van der Waals surface area (Å²) in [6.45, 7) is 0. The number of fused-ring (bicyclic) bond motifs is 3. The summed E-state index contributed by atoms with van der Waals surface area (Å²) in [5.41, 5.74) is 2.09. The van der Waals surface area contributed by atoms with Gasteiger partial charge < -0.3 is 4.98 Å². The molecule has 2 heterocycles. The maximum absolute atomic E-state index is 12.0. The zero-order chi connectivity index (χ0) is 12.0. The molecule has 3 aromatic rings. The fourth-order valence-corrected chi connectivity index (χ4v) is 3.18. The van der Waals surface area contributed by atoms with Gasteiger partial charge in [-0.3, -0.25) is 0 Å². The quantitative estimate of drug-likeness (QED) is 0.681. The zero-order valence-corrected chi connectivity index (χ0v) is 11.7. The average Bonchev–Trinajstić information content (AvgIpc) is 2.67. The Morgan fingerprint density at radius 3 is 2.88 bits per heavy atom. The van der Waals surface area contributed by atoms with Crippen molar-refractivity contribution in [1.82, 2.24) is 14.4 Å². The highest BCUT2D eigenvalue weighted by molar-refractivity contribution is 9.10. The van der Waals surface area contributed by atoms with Crippen LogP contribution >= 0.6 is 31.9 Å². The minimum atomic E-state index is -0.190. The van der Waals surface area contributed by atoms with E-state index >= 15 is 0 Å². The van der Waals surface area contributed by atoms with Crippen LogP contribution in [0.1, 0.15) is 5.69 Å². The van der Waals surface area contributed by atoms with Crippen LogP contribution in [0.5, 0.6) is 0 Å². The molecule has 0 aliphatic heterocycles. The Labute approximate surface area is 113 Å². The molecular formula is C11H7Br2N3O. The molecule has 0 spiro atoms. The Morgan fingerprint density at radius 1 is 1.35 bits per heavy atom. The number of imidazole rings is 1. The molecule has 0 fully saturated rings. The second-order valence-electron chi connectivity index (χ2n) is 3.62. The number of hydrogen-bond acceptors (Lipinski definition) is 2. The molecule has 1 N–H and O–H groups in total. The van der Waals surface area contributed by atoms with Crippen LogP contribution in [0.4, 0.5) is 0 Å². The van der Waals surface area contributed by atoms with Crippen molar-refractivity contribution in [3.63, 3.8) is 0 Å². The van der Waals surface area contributed by atoms with Crippen molar-refractivity contribution in [1.29, 1.82) is 0 Å². The Hall–Kier alpha value is -1.14. The van der Waals surface area contributed by atoms with E-state index in [0.29, 0.717) is 15.6 Å². The maximum Gasteiger partial charge on any atom is 0.332 e. The van der Waals surface area contributed by atoms with Crippen LogP contribution in [0.15, 0.2) is 33.7 Å². The van der Waals surface area contributed by atoms with Crippen molar-refractivity contribution in [3.8, 4) is 0 Å². The van der Waals surface area contributed by atoms with E-state index in [4.69, 9.17) is 0 Å². The van der Waals surface area contributed by atoms with E-state index in [-0.39, 0.29) is 5.69 Å². The number of halogens is 2. The van der Waals surface area contributed by atoms with Gasteiger partial charge in [-0.2, -0.15) is 0 Å². The lowest BCUT2D eigenvalue weighted by atomic mass is 10.2. The number of aromatic amines is 1. The number of rotatable bonds is 1. The van der Waals surface area contributed by atoms with Gasteiger partial charge in [-0.1, -0.05) is 28.1 Å². The first-order valence-corrected chi connectivity index (χ1v) is 6.87. The molecule has 0 aliphatic carbocycles. The molecule has 4 nitrogen and oxygen atoms in total. The van der Waals surface area contributed by atoms with Crippen LogP contribution in [0, 0.1) is 0 Å². The highest BCUT2D eigenvalue weighted by atomic mass is 79.9. The number of alkyl halides is 1. The van der Waals surface area contributed by atoms with Crippen LogP contribution < -0.4 is 5.69 Å². The van der Waals surface area contributed by atoms with E-state index in [1.54, 1.807) is 4.40 Å². The van der Waals surface area contributed by atoms with Gasteiger partial charge >= 0.3 is 5.69 Å². The summed E-state index contributed by atoms with van der Waals surface area (Å²) in [5.74, 6) is 0. The molecule has 0 amide bonds. The van der Waals surface area contributed by atoms with Gasteiger partial charge in [-0.15, -0.1) is 0 Å². The third kappa shape index (κ3) is 1.55. The smallest absolute Gasteiger partial charge is 0.306 e. The molecule has 0 saturated carbocycles. The summed E-state index contributed by atoms with van der Waals surface area (Å²) in [4.78, 5) is 19.3. The third-order valence-electron chi connectivity index (χ3n) is 2.63. The average molecular weight is 357 g/mol. The molecule has 1 aromatic carbocycles. The standard InChI is InChI=1S/C11H7Br2N3O/c12-5-8-9(13)16-10(14-8)6-3-1-2-4-7(6)15-11(16)17/h1-4H,5H2,(H,15,17). The number of hydrogen-bond donors (Lipinski definition) is 1. The largest absolute Gasteiger partial charge is 0.332 e. The molecule has 0 saturated heterocycles. The Balaban J connectivity index is 2.62. The van der Waals surface area contributed by atoms with Gasteiger partial charge in [0.1, 0.15) is 4.60 Å². The Morgan fingerprint density at radius 2 is 2.12 bits per heavy atom. The van der Waals surface area contributed by atoms with Gasteiger partial charge in [0.25, 0.3) is 0 Å².